The summed E-state index contributed by atoms with van der Waals surface area (Å²) in [6, 6.07) is 2.21. The number of allylic oxidation sites excluding steroid dienone is 1. The van der Waals surface area contributed by atoms with E-state index in [-0.39, 0.29) is 23.5 Å². The Morgan fingerprint density at radius 2 is 2.31 bits per heavy atom. The maximum absolute atomic E-state index is 11.5. The predicted octanol–water partition coefficient (Wildman–Crippen LogP) is 2.32. The third kappa shape index (κ3) is 1.98. The van der Waals surface area contributed by atoms with Crippen LogP contribution in [0.5, 0.6) is 0 Å². The van der Waals surface area contributed by atoms with Gasteiger partial charge in [-0.3, -0.25) is 4.79 Å². The summed E-state index contributed by atoms with van der Waals surface area (Å²) < 4.78 is 0. The van der Waals surface area contributed by atoms with Gasteiger partial charge >= 0.3 is 0 Å². The largest absolute Gasteiger partial charge is 0.299 e. The smallest absolute Gasteiger partial charge is 0.137 e. The molecule has 1 aliphatic carbocycles. The highest BCUT2D eigenvalue weighted by molar-refractivity contribution is 5.82. The summed E-state index contributed by atoms with van der Waals surface area (Å²) in [6.07, 6.45) is 1.38. The minimum absolute atomic E-state index is 0.0828. The van der Waals surface area contributed by atoms with Crippen LogP contribution in [-0.4, -0.2) is 5.78 Å². The van der Waals surface area contributed by atoms with E-state index in [1.807, 2.05) is 13.8 Å². The lowest BCUT2D eigenvalue weighted by Gasteiger charge is -2.29. The molecule has 0 radical (unpaired) electrons. The second kappa shape index (κ2) is 3.74. The van der Waals surface area contributed by atoms with E-state index in [0.29, 0.717) is 6.42 Å². The molecular weight excluding hydrogens is 162 g/mol. The van der Waals surface area contributed by atoms with Crippen LogP contribution in [0.15, 0.2) is 12.2 Å². The van der Waals surface area contributed by atoms with Gasteiger partial charge in [0.1, 0.15) is 5.78 Å². The van der Waals surface area contributed by atoms with Crippen molar-refractivity contribution in [1.29, 1.82) is 5.26 Å². The molecule has 0 saturated heterocycles. The number of carbonyl (C=O) groups excluding carboxylic acids is 1. The monoisotopic (exact) mass is 177 g/mol. The Hall–Kier alpha value is -1.10. The van der Waals surface area contributed by atoms with Gasteiger partial charge in [0.15, 0.2) is 0 Å². The van der Waals surface area contributed by atoms with Gasteiger partial charge in [0, 0.05) is 12.3 Å². The predicted molar refractivity (Wildman–Crippen MR) is 50.8 cm³/mol. The molecule has 0 aromatic carbocycles. The van der Waals surface area contributed by atoms with Crippen LogP contribution in [0.1, 0.15) is 26.7 Å². The first kappa shape index (κ1) is 9.98. The highest BCUT2D eigenvalue weighted by Crippen LogP contribution is 2.33. The van der Waals surface area contributed by atoms with Crippen molar-refractivity contribution in [3.05, 3.63) is 12.2 Å². The van der Waals surface area contributed by atoms with Gasteiger partial charge in [-0.25, -0.2) is 0 Å². The number of hydrogen-bond acceptors (Lipinski definition) is 2. The van der Waals surface area contributed by atoms with Crippen molar-refractivity contribution >= 4 is 5.78 Å². The molecule has 0 heterocycles. The zero-order chi connectivity index (χ0) is 10.0. The third-order valence-corrected chi connectivity index (χ3v) is 2.96. The van der Waals surface area contributed by atoms with Crippen molar-refractivity contribution < 1.29 is 4.79 Å². The SMILES string of the molecule is C=C(C)[C@@H]1CC(=O)[C@@H](C)[C@@H](C#N)C1. The highest BCUT2D eigenvalue weighted by atomic mass is 16.1. The Balaban J connectivity index is 2.76. The lowest BCUT2D eigenvalue weighted by molar-refractivity contribution is -0.126. The molecule has 0 aromatic heterocycles. The Morgan fingerprint density at radius 1 is 1.69 bits per heavy atom. The molecule has 1 rings (SSSR count). The van der Waals surface area contributed by atoms with E-state index in [0.717, 1.165) is 12.0 Å². The topological polar surface area (TPSA) is 40.9 Å². The molecule has 0 N–H and O–H groups in total. The Kier molecular flexibility index (Phi) is 2.87. The first-order valence-corrected chi connectivity index (χ1v) is 4.64. The summed E-state index contributed by atoms with van der Waals surface area (Å²) in [7, 11) is 0. The van der Waals surface area contributed by atoms with Crippen molar-refractivity contribution in [3.8, 4) is 6.07 Å². The maximum atomic E-state index is 11.5. The normalized spacial score (nSPS) is 33.9. The fraction of sp³-hybridized carbons (Fsp3) is 0.636. The second-order valence-corrected chi connectivity index (χ2v) is 3.97. The van der Waals surface area contributed by atoms with Crippen molar-refractivity contribution in [2.45, 2.75) is 26.7 Å². The van der Waals surface area contributed by atoms with E-state index < -0.39 is 0 Å². The Morgan fingerprint density at radius 3 is 2.77 bits per heavy atom. The molecule has 1 aliphatic rings. The molecule has 1 fully saturated rings. The molecule has 70 valence electrons. The lowest BCUT2D eigenvalue weighted by atomic mass is 9.73. The number of Topliss-reactive ketones (excluding diaryl/α,β-unsaturated/α-hetero) is 1. The van der Waals surface area contributed by atoms with Crippen LogP contribution in [0.25, 0.3) is 0 Å². The van der Waals surface area contributed by atoms with Gasteiger partial charge in [0.05, 0.1) is 12.0 Å². The molecule has 2 nitrogen and oxygen atoms in total. The molecule has 0 aliphatic heterocycles. The van der Waals surface area contributed by atoms with Gasteiger partial charge in [-0.1, -0.05) is 19.1 Å². The molecule has 3 atom stereocenters. The average Bonchev–Trinajstić information content (AvgIpc) is 2.09. The number of nitrogens with zero attached hydrogens (tertiary/aromatic N) is 1. The van der Waals surface area contributed by atoms with Gasteiger partial charge in [0.2, 0.25) is 0 Å². The third-order valence-electron chi connectivity index (χ3n) is 2.96. The van der Waals surface area contributed by atoms with E-state index in [1.165, 1.54) is 0 Å². The number of hydrogen-bond donors (Lipinski definition) is 0. The zero-order valence-electron chi connectivity index (χ0n) is 8.21. The van der Waals surface area contributed by atoms with Gasteiger partial charge < -0.3 is 0 Å². The molecular formula is C11H15NO. The number of rotatable bonds is 1. The fourth-order valence-electron chi connectivity index (χ4n) is 1.79. The standard InChI is InChI=1S/C11H15NO/c1-7(2)9-4-10(6-12)8(3)11(13)5-9/h8-10H,1,4-5H2,2-3H3/t8-,9-,10+/m0/s1. The first-order valence-electron chi connectivity index (χ1n) is 4.64. The molecule has 0 aromatic rings. The van der Waals surface area contributed by atoms with E-state index in [2.05, 4.69) is 12.6 Å². The van der Waals surface area contributed by atoms with Crippen LogP contribution < -0.4 is 0 Å². The van der Waals surface area contributed by atoms with Crippen LogP contribution in [0.2, 0.25) is 0 Å². The van der Waals surface area contributed by atoms with Crippen molar-refractivity contribution in [2.75, 3.05) is 0 Å². The first-order chi connectivity index (χ1) is 6.06. The van der Waals surface area contributed by atoms with Gasteiger partial charge in [-0.2, -0.15) is 5.26 Å². The summed E-state index contributed by atoms with van der Waals surface area (Å²) in [4.78, 5) is 11.5. The summed E-state index contributed by atoms with van der Waals surface area (Å²) >= 11 is 0. The van der Waals surface area contributed by atoms with Crippen LogP contribution >= 0.6 is 0 Å². The van der Waals surface area contributed by atoms with Gasteiger partial charge in [-0.15, -0.1) is 0 Å². The highest BCUT2D eigenvalue weighted by Gasteiger charge is 2.33. The molecule has 1 saturated carbocycles. The summed E-state index contributed by atoms with van der Waals surface area (Å²) in [6.45, 7) is 7.63. The van der Waals surface area contributed by atoms with Crippen molar-refractivity contribution in [1.82, 2.24) is 0 Å². The summed E-state index contributed by atoms with van der Waals surface area (Å²) in [5, 5.41) is 8.85. The Bertz CT molecular complexity index is 274. The van der Waals surface area contributed by atoms with Gasteiger partial charge in [-0.05, 0) is 19.3 Å². The van der Waals surface area contributed by atoms with E-state index in [1.54, 1.807) is 0 Å². The quantitative estimate of drug-likeness (QED) is 0.577. The zero-order valence-corrected chi connectivity index (χ0v) is 8.21. The number of ketones is 1. The molecule has 0 unspecified atom stereocenters. The molecule has 0 bridgehead atoms. The van der Waals surface area contributed by atoms with Crippen LogP contribution in [-0.2, 0) is 4.79 Å². The molecule has 2 heteroatoms. The minimum Gasteiger partial charge on any atom is -0.299 e. The van der Waals surface area contributed by atoms with Crippen LogP contribution in [0.3, 0.4) is 0 Å². The van der Waals surface area contributed by atoms with E-state index >= 15 is 0 Å². The molecule has 0 amide bonds. The fourth-order valence-corrected chi connectivity index (χ4v) is 1.79. The number of nitriles is 1. The second-order valence-electron chi connectivity index (χ2n) is 3.97. The van der Waals surface area contributed by atoms with Crippen molar-refractivity contribution in [2.24, 2.45) is 17.8 Å². The Labute approximate surface area is 79.2 Å². The van der Waals surface area contributed by atoms with E-state index in [9.17, 15) is 4.79 Å². The maximum Gasteiger partial charge on any atom is 0.137 e. The van der Waals surface area contributed by atoms with Gasteiger partial charge in [0.25, 0.3) is 0 Å². The van der Waals surface area contributed by atoms with Crippen molar-refractivity contribution in [3.63, 3.8) is 0 Å². The summed E-state index contributed by atoms with van der Waals surface area (Å²) in [5.74, 6) is 0.252. The summed E-state index contributed by atoms with van der Waals surface area (Å²) in [5.41, 5.74) is 1.03. The van der Waals surface area contributed by atoms with E-state index in [4.69, 9.17) is 5.26 Å². The minimum atomic E-state index is -0.108. The average molecular weight is 177 g/mol. The molecule has 0 spiro atoms. The number of carbonyl (C=O) groups is 1. The van der Waals surface area contributed by atoms with Crippen LogP contribution in [0, 0.1) is 29.1 Å². The molecule has 13 heavy (non-hydrogen) atoms. The van der Waals surface area contributed by atoms with Crippen LogP contribution in [0.4, 0.5) is 0 Å². The lowest BCUT2D eigenvalue weighted by Crippen LogP contribution is -2.30.